The van der Waals surface area contributed by atoms with Gasteiger partial charge in [0.05, 0.1) is 0 Å². The predicted octanol–water partition coefficient (Wildman–Crippen LogP) is 1.40. The third-order valence-electron chi connectivity index (χ3n) is 3.02. The number of ether oxygens (including phenoxy) is 1. The Morgan fingerprint density at radius 1 is 1.42 bits per heavy atom. The molecule has 108 valence electrons. The number of rotatable bonds is 7. The maximum absolute atomic E-state index is 11.4. The van der Waals surface area contributed by atoms with E-state index in [4.69, 9.17) is 15.6 Å². The molecule has 0 spiro atoms. The maximum atomic E-state index is 11.4. The van der Waals surface area contributed by atoms with Crippen LogP contribution in [0.4, 0.5) is 4.79 Å². The summed E-state index contributed by atoms with van der Waals surface area (Å²) in [5, 5.41) is 11.2. The van der Waals surface area contributed by atoms with Gasteiger partial charge in [0.1, 0.15) is 12.1 Å². The van der Waals surface area contributed by atoms with Gasteiger partial charge < -0.3 is 20.9 Å². The number of allylic oxidation sites excluding steroid dienone is 1. The zero-order chi connectivity index (χ0) is 14.1. The largest absolute Gasteiger partial charge is 0.480 e. The Kier molecular flexibility index (Phi) is 6.95. The number of hydrogen-bond acceptors (Lipinski definition) is 4. The van der Waals surface area contributed by atoms with E-state index in [1.165, 1.54) is 0 Å². The molecule has 6 heteroatoms. The number of unbranched alkanes of at least 4 members (excludes halogenated alkanes) is 1. The lowest BCUT2D eigenvalue weighted by Gasteiger charge is -2.18. The molecule has 0 saturated carbocycles. The third kappa shape index (κ3) is 6.81. The topological polar surface area (TPSA) is 102 Å². The van der Waals surface area contributed by atoms with Gasteiger partial charge in [-0.05, 0) is 32.1 Å². The molecule has 4 N–H and O–H groups in total. The Bertz CT molecular complexity index is 331. The van der Waals surface area contributed by atoms with E-state index in [2.05, 4.69) is 11.4 Å². The highest BCUT2D eigenvalue weighted by molar-refractivity contribution is 5.72. The standard InChI is InChI=1S/C13H22N2O4/c14-11(12(16)17)8-4-5-9-15-13(18)19-10-6-2-1-3-7-10/h1-2,10-11H,3-9,14H2,(H,15,18)(H,16,17)/t10-,11+/m1/s1. The molecule has 1 amide bonds. The van der Waals surface area contributed by atoms with E-state index in [0.29, 0.717) is 25.8 Å². The van der Waals surface area contributed by atoms with E-state index < -0.39 is 18.1 Å². The highest BCUT2D eigenvalue weighted by Crippen LogP contribution is 2.14. The molecule has 0 aromatic heterocycles. The summed E-state index contributed by atoms with van der Waals surface area (Å²) in [5.41, 5.74) is 5.36. The van der Waals surface area contributed by atoms with E-state index in [1.807, 2.05) is 6.08 Å². The number of carbonyl (C=O) groups is 2. The number of carboxylic acids is 1. The number of alkyl carbamates (subject to hydrolysis) is 1. The Morgan fingerprint density at radius 3 is 2.84 bits per heavy atom. The first-order valence-electron chi connectivity index (χ1n) is 6.67. The quantitative estimate of drug-likeness (QED) is 0.479. The fourth-order valence-electron chi connectivity index (χ4n) is 1.87. The summed E-state index contributed by atoms with van der Waals surface area (Å²) in [7, 11) is 0. The van der Waals surface area contributed by atoms with Crippen molar-refractivity contribution in [2.24, 2.45) is 5.73 Å². The van der Waals surface area contributed by atoms with Crippen LogP contribution in [-0.4, -0.2) is 35.9 Å². The molecule has 0 aromatic carbocycles. The second-order valence-corrected chi connectivity index (χ2v) is 4.68. The molecule has 0 unspecified atom stereocenters. The minimum Gasteiger partial charge on any atom is -0.480 e. The number of amides is 1. The molecular formula is C13H22N2O4. The van der Waals surface area contributed by atoms with E-state index in [-0.39, 0.29) is 6.10 Å². The third-order valence-corrected chi connectivity index (χ3v) is 3.02. The van der Waals surface area contributed by atoms with E-state index in [9.17, 15) is 9.59 Å². The van der Waals surface area contributed by atoms with Crippen molar-refractivity contribution in [3.63, 3.8) is 0 Å². The van der Waals surface area contributed by atoms with Gasteiger partial charge in [0.25, 0.3) is 0 Å². The first-order chi connectivity index (χ1) is 9.09. The van der Waals surface area contributed by atoms with Crippen LogP contribution in [-0.2, 0) is 9.53 Å². The normalized spacial score (nSPS) is 19.7. The number of aliphatic carboxylic acids is 1. The van der Waals surface area contributed by atoms with Crippen molar-refractivity contribution in [3.8, 4) is 0 Å². The lowest BCUT2D eigenvalue weighted by molar-refractivity contribution is -0.138. The first-order valence-corrected chi connectivity index (χ1v) is 6.67. The van der Waals surface area contributed by atoms with Gasteiger partial charge in [-0.15, -0.1) is 0 Å². The van der Waals surface area contributed by atoms with Crippen LogP contribution in [0.1, 0.15) is 38.5 Å². The van der Waals surface area contributed by atoms with Crippen LogP contribution in [0.2, 0.25) is 0 Å². The zero-order valence-electron chi connectivity index (χ0n) is 11.0. The van der Waals surface area contributed by atoms with Crippen molar-refractivity contribution in [2.45, 2.75) is 50.7 Å². The van der Waals surface area contributed by atoms with E-state index >= 15 is 0 Å². The molecule has 2 atom stereocenters. The fourth-order valence-corrected chi connectivity index (χ4v) is 1.87. The summed E-state index contributed by atoms with van der Waals surface area (Å²) >= 11 is 0. The van der Waals surface area contributed by atoms with Gasteiger partial charge in [-0.3, -0.25) is 4.79 Å². The highest BCUT2D eigenvalue weighted by Gasteiger charge is 2.14. The summed E-state index contributed by atoms with van der Waals surface area (Å²) < 4.78 is 5.24. The van der Waals surface area contributed by atoms with E-state index in [0.717, 1.165) is 19.3 Å². The lowest BCUT2D eigenvalue weighted by Crippen LogP contribution is -2.31. The smallest absolute Gasteiger partial charge is 0.407 e. The van der Waals surface area contributed by atoms with Gasteiger partial charge >= 0.3 is 12.1 Å². The van der Waals surface area contributed by atoms with Gasteiger partial charge in [-0.2, -0.15) is 0 Å². The summed E-state index contributed by atoms with van der Waals surface area (Å²) in [6, 6.07) is -0.819. The minimum absolute atomic E-state index is 0.0227. The predicted molar refractivity (Wildman–Crippen MR) is 70.7 cm³/mol. The average Bonchev–Trinajstić information content (AvgIpc) is 2.39. The van der Waals surface area contributed by atoms with Gasteiger partial charge in [-0.25, -0.2) is 4.79 Å². The fraction of sp³-hybridized carbons (Fsp3) is 0.692. The van der Waals surface area contributed by atoms with Crippen LogP contribution in [0.3, 0.4) is 0 Å². The Hall–Kier alpha value is -1.56. The van der Waals surface area contributed by atoms with Crippen LogP contribution in [0.5, 0.6) is 0 Å². The molecule has 0 heterocycles. The number of hydrogen-bond donors (Lipinski definition) is 3. The van der Waals surface area contributed by atoms with Crippen LogP contribution in [0.15, 0.2) is 12.2 Å². The van der Waals surface area contributed by atoms with E-state index in [1.54, 1.807) is 0 Å². The zero-order valence-corrected chi connectivity index (χ0v) is 11.0. The summed E-state index contributed by atoms with van der Waals surface area (Å²) in [5.74, 6) is -0.988. The number of carbonyl (C=O) groups excluding carboxylic acids is 1. The number of nitrogens with one attached hydrogen (secondary N) is 1. The second-order valence-electron chi connectivity index (χ2n) is 4.68. The van der Waals surface area contributed by atoms with Crippen molar-refractivity contribution in [3.05, 3.63) is 12.2 Å². The Labute approximate surface area is 113 Å². The summed E-state index contributed by atoms with van der Waals surface area (Å²) in [6.07, 6.45) is 8.06. The molecule has 1 aliphatic rings. The Morgan fingerprint density at radius 2 is 2.21 bits per heavy atom. The minimum atomic E-state index is -0.988. The van der Waals surface area contributed by atoms with Crippen molar-refractivity contribution >= 4 is 12.1 Å². The van der Waals surface area contributed by atoms with Gasteiger partial charge in [0.2, 0.25) is 0 Å². The van der Waals surface area contributed by atoms with Crippen molar-refractivity contribution in [2.75, 3.05) is 6.54 Å². The molecule has 0 fully saturated rings. The molecule has 0 saturated heterocycles. The first kappa shape index (κ1) is 15.5. The number of nitrogens with two attached hydrogens (primary N) is 1. The second kappa shape index (κ2) is 8.53. The summed E-state index contributed by atoms with van der Waals surface area (Å²) in [4.78, 5) is 21.9. The SMILES string of the molecule is N[C@@H](CCCCNC(=O)O[C@@H]1CC=CCC1)C(=O)O. The van der Waals surface area contributed by atoms with Crippen molar-refractivity contribution in [1.29, 1.82) is 0 Å². The maximum Gasteiger partial charge on any atom is 0.407 e. The monoisotopic (exact) mass is 270 g/mol. The molecule has 0 radical (unpaired) electrons. The summed E-state index contributed by atoms with van der Waals surface area (Å²) in [6.45, 7) is 0.480. The van der Waals surface area contributed by atoms with Gasteiger partial charge in [0, 0.05) is 13.0 Å². The Balaban J connectivity index is 2.01. The van der Waals surface area contributed by atoms with Crippen LogP contribution in [0.25, 0.3) is 0 Å². The lowest BCUT2D eigenvalue weighted by atomic mass is 10.1. The van der Waals surface area contributed by atoms with Crippen LogP contribution >= 0.6 is 0 Å². The molecular weight excluding hydrogens is 248 g/mol. The van der Waals surface area contributed by atoms with Crippen LogP contribution in [0, 0.1) is 0 Å². The molecule has 0 aliphatic heterocycles. The van der Waals surface area contributed by atoms with Gasteiger partial charge in [-0.1, -0.05) is 12.2 Å². The molecule has 6 nitrogen and oxygen atoms in total. The highest BCUT2D eigenvalue weighted by atomic mass is 16.6. The average molecular weight is 270 g/mol. The molecule has 19 heavy (non-hydrogen) atoms. The molecule has 0 aromatic rings. The number of carboxylic acid groups (broad SMARTS) is 1. The molecule has 0 bridgehead atoms. The van der Waals surface area contributed by atoms with Crippen molar-refractivity contribution < 1.29 is 19.4 Å². The van der Waals surface area contributed by atoms with Crippen LogP contribution < -0.4 is 11.1 Å². The molecule has 1 aliphatic carbocycles. The van der Waals surface area contributed by atoms with Gasteiger partial charge in [0.15, 0.2) is 0 Å². The molecule has 1 rings (SSSR count). The van der Waals surface area contributed by atoms with Crippen molar-refractivity contribution in [1.82, 2.24) is 5.32 Å².